The number of rotatable bonds is 6. The van der Waals surface area contributed by atoms with Gasteiger partial charge in [0.15, 0.2) is 0 Å². The van der Waals surface area contributed by atoms with Crippen LogP contribution in [0.5, 0.6) is 0 Å². The molecule has 0 saturated heterocycles. The Balaban J connectivity index is 2.86. The van der Waals surface area contributed by atoms with Gasteiger partial charge >= 0.3 is 0 Å². The normalized spacial score (nSPS) is 15.8. The summed E-state index contributed by atoms with van der Waals surface area (Å²) < 4.78 is 17.4. The van der Waals surface area contributed by atoms with Crippen molar-refractivity contribution in [1.29, 1.82) is 0 Å². The smallest absolute Gasteiger partial charge is 0.0976 e. The van der Waals surface area contributed by atoms with Crippen molar-refractivity contribution in [2.75, 3.05) is 0 Å². The summed E-state index contributed by atoms with van der Waals surface area (Å²) in [4.78, 5) is 4.49. The average molecular weight is 299 g/mol. The molecule has 1 unspecified atom stereocenters. The molecule has 0 saturated carbocycles. The molecule has 4 nitrogen and oxygen atoms in total. The zero-order chi connectivity index (χ0) is 15.5. The van der Waals surface area contributed by atoms with Crippen LogP contribution in [0, 0.1) is 11.8 Å². The van der Waals surface area contributed by atoms with Gasteiger partial charge in [0.05, 0.1) is 33.8 Å². The van der Waals surface area contributed by atoms with Crippen molar-refractivity contribution in [3.05, 3.63) is 18.2 Å². The SMILES string of the molecule is CC(C)Cn1cnc([C@@H](NS(=O)C(C)(C)C)C(C)C)c1. The first kappa shape index (κ1) is 17.4. The molecule has 1 rings (SSSR count). The molecule has 1 N–H and O–H groups in total. The Morgan fingerprint density at radius 3 is 2.35 bits per heavy atom. The maximum Gasteiger partial charge on any atom is 0.0976 e. The topological polar surface area (TPSA) is 46.9 Å². The lowest BCUT2D eigenvalue weighted by Crippen LogP contribution is -2.37. The largest absolute Gasteiger partial charge is 0.337 e. The van der Waals surface area contributed by atoms with Gasteiger partial charge < -0.3 is 4.57 Å². The summed E-state index contributed by atoms with van der Waals surface area (Å²) in [6, 6.07) is 0.0171. The maximum atomic E-state index is 12.3. The minimum Gasteiger partial charge on any atom is -0.337 e. The van der Waals surface area contributed by atoms with Gasteiger partial charge in [-0.3, -0.25) is 0 Å². The van der Waals surface area contributed by atoms with Crippen molar-refractivity contribution < 1.29 is 4.21 Å². The zero-order valence-corrected chi connectivity index (χ0v) is 14.6. The highest BCUT2D eigenvalue weighted by Gasteiger charge is 2.26. The molecule has 116 valence electrons. The molecule has 2 atom stereocenters. The Morgan fingerprint density at radius 1 is 1.30 bits per heavy atom. The highest BCUT2D eigenvalue weighted by molar-refractivity contribution is 7.84. The number of nitrogens with zero attached hydrogens (tertiary/aromatic N) is 2. The van der Waals surface area contributed by atoms with Crippen molar-refractivity contribution in [3.63, 3.8) is 0 Å². The molecule has 0 spiro atoms. The molecule has 1 heterocycles. The van der Waals surface area contributed by atoms with Crippen LogP contribution in [-0.4, -0.2) is 18.5 Å². The second kappa shape index (κ2) is 6.85. The molecule has 0 aliphatic carbocycles. The molecule has 0 fully saturated rings. The fourth-order valence-corrected chi connectivity index (χ4v) is 2.87. The molecule has 0 bridgehead atoms. The zero-order valence-electron chi connectivity index (χ0n) is 13.8. The van der Waals surface area contributed by atoms with Crippen molar-refractivity contribution >= 4 is 11.0 Å². The molecular formula is C15H29N3OS. The van der Waals surface area contributed by atoms with Crippen LogP contribution in [0.4, 0.5) is 0 Å². The van der Waals surface area contributed by atoms with E-state index in [1.165, 1.54) is 0 Å². The van der Waals surface area contributed by atoms with Gasteiger partial charge in [-0.25, -0.2) is 13.9 Å². The van der Waals surface area contributed by atoms with E-state index in [-0.39, 0.29) is 10.8 Å². The maximum absolute atomic E-state index is 12.3. The van der Waals surface area contributed by atoms with Crippen LogP contribution < -0.4 is 4.72 Å². The number of aromatic nitrogens is 2. The number of hydrogen-bond donors (Lipinski definition) is 1. The molecule has 20 heavy (non-hydrogen) atoms. The van der Waals surface area contributed by atoms with Crippen molar-refractivity contribution in [3.8, 4) is 0 Å². The number of imidazole rings is 1. The van der Waals surface area contributed by atoms with E-state index in [4.69, 9.17) is 0 Å². The van der Waals surface area contributed by atoms with Gasteiger partial charge in [0.2, 0.25) is 0 Å². The fraction of sp³-hybridized carbons (Fsp3) is 0.800. The Kier molecular flexibility index (Phi) is 5.95. The lowest BCUT2D eigenvalue weighted by Gasteiger charge is -2.25. The van der Waals surface area contributed by atoms with E-state index in [0.717, 1.165) is 12.2 Å². The minimum absolute atomic E-state index is 0.0171. The summed E-state index contributed by atoms with van der Waals surface area (Å²) in [5, 5.41) is 0. The average Bonchev–Trinajstić information content (AvgIpc) is 2.70. The number of hydrogen-bond acceptors (Lipinski definition) is 2. The van der Waals surface area contributed by atoms with Gasteiger partial charge in [-0.2, -0.15) is 0 Å². The Hall–Kier alpha value is -0.680. The van der Waals surface area contributed by atoms with Gasteiger partial charge in [-0.05, 0) is 32.6 Å². The third-order valence-corrected chi connectivity index (χ3v) is 4.59. The molecule has 0 amide bonds. The first-order valence-corrected chi connectivity index (χ1v) is 8.46. The second-order valence-corrected chi connectivity index (χ2v) is 9.11. The lowest BCUT2D eigenvalue weighted by atomic mass is 10.0. The molecule has 0 radical (unpaired) electrons. The Bertz CT molecular complexity index is 446. The Labute approximate surface area is 126 Å². The van der Waals surface area contributed by atoms with Gasteiger partial charge in [0, 0.05) is 12.7 Å². The summed E-state index contributed by atoms with van der Waals surface area (Å²) >= 11 is 0. The summed E-state index contributed by atoms with van der Waals surface area (Å²) in [5.41, 5.74) is 0.971. The highest BCUT2D eigenvalue weighted by Crippen LogP contribution is 2.23. The summed E-state index contributed by atoms with van der Waals surface area (Å²) in [6.45, 7) is 15.5. The van der Waals surface area contributed by atoms with Crippen molar-refractivity contribution in [2.45, 2.75) is 65.8 Å². The standard InChI is InChI=1S/C15H29N3OS/c1-11(2)8-18-9-13(16-10-18)14(12(3)4)17-20(19)15(5,6)7/h9-12,14,17H,8H2,1-7H3/t14-,20?/m0/s1. The van der Waals surface area contributed by atoms with Gasteiger partial charge in [-0.15, -0.1) is 0 Å². The highest BCUT2D eigenvalue weighted by atomic mass is 32.2. The third kappa shape index (κ3) is 5.02. The molecule has 1 aromatic rings. The van der Waals surface area contributed by atoms with E-state index in [0.29, 0.717) is 11.8 Å². The predicted molar refractivity (Wildman–Crippen MR) is 85.7 cm³/mol. The monoisotopic (exact) mass is 299 g/mol. The summed E-state index contributed by atoms with van der Waals surface area (Å²) in [5.74, 6) is 0.926. The predicted octanol–water partition coefficient (Wildman–Crippen LogP) is 3.29. The Morgan fingerprint density at radius 2 is 1.90 bits per heavy atom. The fourth-order valence-electron chi connectivity index (χ4n) is 1.89. The van der Waals surface area contributed by atoms with E-state index in [9.17, 15) is 4.21 Å². The molecule has 5 heteroatoms. The quantitative estimate of drug-likeness (QED) is 0.876. The van der Waals surface area contributed by atoms with E-state index >= 15 is 0 Å². The van der Waals surface area contributed by atoms with Gasteiger partial charge in [-0.1, -0.05) is 27.7 Å². The summed E-state index contributed by atoms with van der Waals surface area (Å²) in [7, 11) is -1.09. The van der Waals surface area contributed by atoms with Crippen LogP contribution in [0.25, 0.3) is 0 Å². The van der Waals surface area contributed by atoms with Gasteiger partial charge in [0.25, 0.3) is 0 Å². The van der Waals surface area contributed by atoms with E-state index in [2.05, 4.69) is 48.2 Å². The third-order valence-electron chi connectivity index (χ3n) is 3.00. The van der Waals surface area contributed by atoms with Gasteiger partial charge in [0.1, 0.15) is 0 Å². The first-order valence-electron chi connectivity index (χ1n) is 7.31. The molecule has 0 aromatic carbocycles. The molecule has 0 aliphatic rings. The van der Waals surface area contributed by atoms with Crippen LogP contribution >= 0.6 is 0 Å². The first-order chi connectivity index (χ1) is 9.11. The van der Waals surface area contributed by atoms with Crippen LogP contribution in [0.2, 0.25) is 0 Å². The van der Waals surface area contributed by atoms with Crippen molar-refractivity contribution in [2.24, 2.45) is 11.8 Å². The van der Waals surface area contributed by atoms with Crippen LogP contribution in [-0.2, 0) is 17.5 Å². The number of nitrogens with one attached hydrogen (secondary N) is 1. The summed E-state index contributed by atoms with van der Waals surface area (Å²) in [6.07, 6.45) is 3.93. The molecular weight excluding hydrogens is 270 g/mol. The molecule has 1 aromatic heterocycles. The lowest BCUT2D eigenvalue weighted by molar-refractivity contribution is 0.463. The van der Waals surface area contributed by atoms with Crippen LogP contribution in [0.1, 0.15) is 60.2 Å². The van der Waals surface area contributed by atoms with E-state index in [1.54, 1.807) is 0 Å². The van der Waals surface area contributed by atoms with Crippen LogP contribution in [0.3, 0.4) is 0 Å². The van der Waals surface area contributed by atoms with E-state index in [1.807, 2.05) is 27.1 Å². The molecule has 0 aliphatic heterocycles. The second-order valence-electron chi connectivity index (χ2n) is 7.11. The minimum atomic E-state index is -1.09. The van der Waals surface area contributed by atoms with E-state index < -0.39 is 11.0 Å². The van der Waals surface area contributed by atoms with Crippen LogP contribution in [0.15, 0.2) is 12.5 Å². The van der Waals surface area contributed by atoms with Crippen molar-refractivity contribution in [1.82, 2.24) is 14.3 Å².